The van der Waals surface area contributed by atoms with Gasteiger partial charge in [-0.25, -0.2) is 14.6 Å². The van der Waals surface area contributed by atoms with Crippen LogP contribution >= 0.6 is 0 Å². The number of carboxylic acid groups (broad SMARTS) is 1. The van der Waals surface area contributed by atoms with Gasteiger partial charge in [-0.15, -0.1) is 6.58 Å². The molecule has 2 heterocycles. The highest BCUT2D eigenvalue weighted by molar-refractivity contribution is 5.96. The Kier molecular flexibility index (Phi) is 10.3. The fourth-order valence-corrected chi connectivity index (χ4v) is 6.89. The number of likely N-dealkylation sites (tertiary alicyclic amines) is 1. The molecule has 3 amide bonds. The molecule has 3 N–H and O–H groups in total. The zero-order valence-electron chi connectivity index (χ0n) is 29.2. The lowest BCUT2D eigenvalue weighted by Gasteiger charge is -2.35. The highest BCUT2D eigenvalue weighted by atomic mass is 16.6. The van der Waals surface area contributed by atoms with Gasteiger partial charge in [0, 0.05) is 29.4 Å². The lowest BCUT2D eigenvalue weighted by atomic mass is 9.85. The van der Waals surface area contributed by atoms with Gasteiger partial charge in [-0.05, 0) is 63.5 Å². The Morgan fingerprint density at radius 1 is 1.16 bits per heavy atom. The molecule has 0 bridgehead atoms. The van der Waals surface area contributed by atoms with Crippen LogP contribution in [0.3, 0.4) is 0 Å². The summed E-state index contributed by atoms with van der Waals surface area (Å²) in [7, 11) is 1.58. The number of hydrogen-bond donors (Lipinski definition) is 3. The summed E-state index contributed by atoms with van der Waals surface area (Å²) in [6, 6.07) is 3.18. The molecule has 13 nitrogen and oxygen atoms in total. The number of carboxylic acids is 1. The second kappa shape index (κ2) is 14.1. The van der Waals surface area contributed by atoms with Crippen LogP contribution in [0.5, 0.6) is 17.4 Å². The molecule has 3 fully saturated rings. The number of ether oxygens (including phenoxy) is 4. The van der Waals surface area contributed by atoms with Crippen molar-refractivity contribution in [3.05, 3.63) is 36.4 Å². The first-order valence-electron chi connectivity index (χ1n) is 17.0. The number of amides is 3. The Bertz CT molecular complexity index is 1620. The fraction of sp³-hybridized carbons (Fsp3) is 0.583. The minimum Gasteiger partial charge on any atom is -0.496 e. The van der Waals surface area contributed by atoms with Crippen LogP contribution < -0.4 is 24.8 Å². The standard InChI is InChI=1S/C36H48N4O9/c1-8-21-18-36(21,33(43)44)39-31(41)25-16-23(48-27-17-28(47-9-2)37-29-20(3)26(46-7)15-14-24(27)29)19-40(25)32(42)30(35(4,5)6)38-34(45)49-22-12-10-11-13-22/h8,14-15,17,21-23,25,30H,1,9-13,16,18-19H2,2-7H3,(H,38,45)(H,39,41)(H,43,44)/t21-,23-,25+,30-,36-/m1/s1. The van der Waals surface area contributed by atoms with Crippen LogP contribution in [-0.4, -0.2) is 89.0 Å². The van der Waals surface area contributed by atoms with Crippen molar-refractivity contribution in [2.24, 2.45) is 11.3 Å². The highest BCUT2D eigenvalue weighted by Gasteiger charge is 2.61. The normalized spacial score (nSPS) is 24.2. The number of methoxy groups -OCH3 is 1. The molecule has 2 saturated carbocycles. The fourth-order valence-electron chi connectivity index (χ4n) is 6.89. The number of carbonyl (C=O) groups excluding carboxylic acids is 3. The smallest absolute Gasteiger partial charge is 0.408 e. The lowest BCUT2D eigenvalue weighted by molar-refractivity contribution is -0.146. The van der Waals surface area contributed by atoms with Crippen LogP contribution in [-0.2, 0) is 19.1 Å². The summed E-state index contributed by atoms with van der Waals surface area (Å²) >= 11 is 0. The van der Waals surface area contributed by atoms with Gasteiger partial charge in [0.15, 0.2) is 0 Å². The molecule has 0 unspecified atom stereocenters. The van der Waals surface area contributed by atoms with Crippen molar-refractivity contribution >= 4 is 34.8 Å². The third-order valence-corrected chi connectivity index (χ3v) is 9.76. The molecule has 0 spiro atoms. The Morgan fingerprint density at radius 3 is 2.47 bits per heavy atom. The van der Waals surface area contributed by atoms with Gasteiger partial charge in [0.2, 0.25) is 17.7 Å². The monoisotopic (exact) mass is 680 g/mol. The average molecular weight is 681 g/mol. The van der Waals surface area contributed by atoms with E-state index < -0.39 is 58.9 Å². The summed E-state index contributed by atoms with van der Waals surface area (Å²) in [6.45, 7) is 13.3. The molecule has 2 aromatic rings. The van der Waals surface area contributed by atoms with Gasteiger partial charge < -0.3 is 39.6 Å². The molecule has 1 saturated heterocycles. The first-order chi connectivity index (χ1) is 23.2. The number of aromatic nitrogens is 1. The van der Waals surface area contributed by atoms with Gasteiger partial charge >= 0.3 is 12.1 Å². The number of hydrogen-bond acceptors (Lipinski definition) is 9. The van der Waals surface area contributed by atoms with Crippen molar-refractivity contribution in [1.82, 2.24) is 20.5 Å². The van der Waals surface area contributed by atoms with Gasteiger partial charge in [-0.3, -0.25) is 9.59 Å². The molecular formula is C36H48N4O9. The molecule has 1 aromatic carbocycles. The number of alkyl carbamates (subject to hydrolysis) is 1. The molecule has 13 heteroatoms. The van der Waals surface area contributed by atoms with Gasteiger partial charge in [0.05, 0.1) is 25.8 Å². The van der Waals surface area contributed by atoms with E-state index in [9.17, 15) is 24.3 Å². The van der Waals surface area contributed by atoms with Crippen LogP contribution in [0.25, 0.3) is 10.9 Å². The van der Waals surface area contributed by atoms with Crippen molar-refractivity contribution in [3.63, 3.8) is 0 Å². The number of carbonyl (C=O) groups is 4. The molecule has 266 valence electrons. The van der Waals surface area contributed by atoms with E-state index in [4.69, 9.17) is 18.9 Å². The van der Waals surface area contributed by atoms with Gasteiger partial charge in [0.25, 0.3) is 0 Å². The number of rotatable bonds is 12. The number of aliphatic carboxylic acids is 1. The van der Waals surface area contributed by atoms with Crippen molar-refractivity contribution in [2.75, 3.05) is 20.3 Å². The number of fused-ring (bicyclic) bond motifs is 1. The van der Waals surface area contributed by atoms with E-state index in [0.717, 1.165) is 31.2 Å². The van der Waals surface area contributed by atoms with Gasteiger partial charge in [-0.2, -0.15) is 0 Å². The van der Waals surface area contributed by atoms with Crippen LogP contribution in [0.15, 0.2) is 30.9 Å². The number of aryl methyl sites for hydroxylation is 1. The lowest BCUT2D eigenvalue weighted by Crippen LogP contribution is -2.59. The first-order valence-corrected chi connectivity index (χ1v) is 17.0. The van der Waals surface area contributed by atoms with E-state index in [-0.39, 0.29) is 25.5 Å². The van der Waals surface area contributed by atoms with Crippen molar-refractivity contribution in [2.45, 2.75) is 103 Å². The van der Waals surface area contributed by atoms with Crippen LogP contribution in [0.2, 0.25) is 0 Å². The molecule has 49 heavy (non-hydrogen) atoms. The number of nitrogens with one attached hydrogen (secondary N) is 2. The van der Waals surface area contributed by atoms with E-state index in [1.807, 2.05) is 46.8 Å². The SMILES string of the molecule is C=C[C@@H]1C[C@]1(NC(=O)[C@@H]1C[C@@H](Oc2cc(OCC)nc3c(C)c(OC)ccc23)CN1C(=O)[C@@H](NC(=O)OC1CCCC1)C(C)(C)C)C(=O)O. The largest absolute Gasteiger partial charge is 0.496 e. The number of pyridine rings is 1. The zero-order valence-corrected chi connectivity index (χ0v) is 29.2. The number of benzene rings is 1. The highest BCUT2D eigenvalue weighted by Crippen LogP contribution is 2.45. The summed E-state index contributed by atoms with van der Waals surface area (Å²) in [5, 5.41) is 16.2. The molecule has 0 radical (unpaired) electrons. The zero-order chi connectivity index (χ0) is 35.7. The quantitative estimate of drug-likeness (QED) is 0.271. The maximum absolute atomic E-state index is 14.4. The van der Waals surface area contributed by atoms with E-state index in [1.54, 1.807) is 13.2 Å². The molecule has 1 aromatic heterocycles. The Balaban J connectivity index is 1.46. The predicted octanol–water partition coefficient (Wildman–Crippen LogP) is 4.53. The summed E-state index contributed by atoms with van der Waals surface area (Å²) in [4.78, 5) is 59.7. The Hall–Kier alpha value is -4.55. The second-order valence-electron chi connectivity index (χ2n) is 14.2. The maximum atomic E-state index is 14.4. The third kappa shape index (κ3) is 7.40. The molecule has 1 aliphatic heterocycles. The van der Waals surface area contributed by atoms with Crippen LogP contribution in [0.1, 0.15) is 71.8 Å². The molecule has 3 aliphatic rings. The minimum atomic E-state index is -1.50. The summed E-state index contributed by atoms with van der Waals surface area (Å²) in [5.41, 5.74) is -0.853. The summed E-state index contributed by atoms with van der Waals surface area (Å²) < 4.78 is 23.4. The minimum absolute atomic E-state index is 0.00324. The van der Waals surface area contributed by atoms with Gasteiger partial charge in [-0.1, -0.05) is 26.8 Å². The topological polar surface area (TPSA) is 166 Å². The van der Waals surface area contributed by atoms with E-state index in [1.165, 1.54) is 11.0 Å². The first kappa shape index (κ1) is 35.7. The van der Waals surface area contributed by atoms with Crippen molar-refractivity contribution in [3.8, 4) is 17.4 Å². The third-order valence-electron chi connectivity index (χ3n) is 9.76. The number of nitrogens with zero attached hydrogens (tertiary/aromatic N) is 2. The maximum Gasteiger partial charge on any atom is 0.408 e. The van der Waals surface area contributed by atoms with Crippen molar-refractivity contribution < 1.29 is 43.2 Å². The van der Waals surface area contributed by atoms with E-state index in [0.29, 0.717) is 34.9 Å². The average Bonchev–Trinajstić information content (AvgIpc) is 3.32. The van der Waals surface area contributed by atoms with Gasteiger partial charge in [0.1, 0.15) is 41.3 Å². The Labute approximate surface area is 286 Å². The van der Waals surface area contributed by atoms with Crippen molar-refractivity contribution in [1.29, 1.82) is 0 Å². The van der Waals surface area contributed by atoms with Crippen LogP contribution in [0.4, 0.5) is 4.79 Å². The molecule has 5 atom stereocenters. The van der Waals surface area contributed by atoms with E-state index in [2.05, 4.69) is 22.2 Å². The second-order valence-corrected chi connectivity index (χ2v) is 14.2. The molecule has 2 aliphatic carbocycles. The molecular weight excluding hydrogens is 632 g/mol. The Morgan fingerprint density at radius 2 is 1.88 bits per heavy atom. The predicted molar refractivity (Wildman–Crippen MR) is 181 cm³/mol. The van der Waals surface area contributed by atoms with Crippen LogP contribution in [0, 0.1) is 18.3 Å². The summed E-state index contributed by atoms with van der Waals surface area (Å²) in [6.07, 6.45) is 3.69. The van der Waals surface area contributed by atoms with E-state index >= 15 is 0 Å². The summed E-state index contributed by atoms with van der Waals surface area (Å²) in [5.74, 6) is -1.31. The molecule has 5 rings (SSSR count).